The SMILES string of the molecule is Cc1nc2c(-c3ccc(Cl)cc3F)nc([C@H]3CCO[C@@H](c4cnn(C5COC5)c4)C3)cn2c(=O)c1C. The zero-order chi connectivity index (χ0) is 25.0. The lowest BCUT2D eigenvalue weighted by Gasteiger charge is -2.29. The van der Waals surface area contributed by atoms with Gasteiger partial charge in [-0.2, -0.15) is 5.10 Å². The smallest absolute Gasteiger partial charge is 0.261 e. The molecule has 2 aliphatic heterocycles. The van der Waals surface area contributed by atoms with Crippen molar-refractivity contribution < 1.29 is 13.9 Å². The van der Waals surface area contributed by atoms with Crippen LogP contribution in [0.4, 0.5) is 4.39 Å². The molecule has 2 atom stereocenters. The van der Waals surface area contributed by atoms with Crippen molar-refractivity contribution in [3.05, 3.63) is 80.5 Å². The third-order valence-corrected chi connectivity index (χ3v) is 7.41. The van der Waals surface area contributed by atoms with E-state index < -0.39 is 5.82 Å². The normalized spacial score (nSPS) is 20.6. The van der Waals surface area contributed by atoms with Gasteiger partial charge >= 0.3 is 0 Å². The van der Waals surface area contributed by atoms with Crippen LogP contribution >= 0.6 is 11.6 Å². The number of halogens is 2. The van der Waals surface area contributed by atoms with Gasteiger partial charge in [-0.1, -0.05) is 11.6 Å². The summed E-state index contributed by atoms with van der Waals surface area (Å²) < 4.78 is 29.8. The number of aromatic nitrogens is 5. The number of ether oxygens (including phenoxy) is 2. The molecule has 2 fully saturated rings. The molecule has 0 amide bonds. The lowest BCUT2D eigenvalue weighted by Crippen LogP contribution is -2.30. The highest BCUT2D eigenvalue weighted by Crippen LogP contribution is 2.38. The molecule has 0 unspecified atom stereocenters. The van der Waals surface area contributed by atoms with Crippen LogP contribution in [0.15, 0.2) is 41.6 Å². The Morgan fingerprint density at radius 2 is 2.00 bits per heavy atom. The molecular formula is C26H25ClFN5O3. The van der Waals surface area contributed by atoms with Crippen LogP contribution in [0.5, 0.6) is 0 Å². The summed E-state index contributed by atoms with van der Waals surface area (Å²) in [6, 6.07) is 4.70. The number of hydrogen-bond acceptors (Lipinski definition) is 6. The van der Waals surface area contributed by atoms with Gasteiger partial charge in [0.25, 0.3) is 5.56 Å². The van der Waals surface area contributed by atoms with E-state index >= 15 is 4.39 Å². The van der Waals surface area contributed by atoms with E-state index in [9.17, 15) is 4.79 Å². The van der Waals surface area contributed by atoms with Crippen LogP contribution < -0.4 is 5.56 Å². The summed E-state index contributed by atoms with van der Waals surface area (Å²) in [5.74, 6) is -0.509. The highest BCUT2D eigenvalue weighted by atomic mass is 35.5. The maximum Gasteiger partial charge on any atom is 0.261 e. The molecule has 1 aromatic carbocycles. The number of rotatable bonds is 4. The van der Waals surface area contributed by atoms with Crippen LogP contribution in [0.1, 0.15) is 53.4 Å². The fourth-order valence-corrected chi connectivity index (χ4v) is 4.97. The number of hydrogen-bond donors (Lipinski definition) is 0. The molecule has 2 aliphatic rings. The first-order valence-corrected chi connectivity index (χ1v) is 12.4. The molecule has 10 heteroatoms. The monoisotopic (exact) mass is 509 g/mol. The second-order valence-electron chi connectivity index (χ2n) is 9.49. The molecule has 3 aromatic heterocycles. The van der Waals surface area contributed by atoms with Gasteiger partial charge in [0.1, 0.15) is 11.5 Å². The molecule has 0 aliphatic carbocycles. The Balaban J connectivity index is 1.43. The number of benzene rings is 1. The Bertz CT molecular complexity index is 1530. The van der Waals surface area contributed by atoms with Crippen LogP contribution in [-0.4, -0.2) is 44.0 Å². The van der Waals surface area contributed by atoms with Gasteiger partial charge < -0.3 is 9.47 Å². The first kappa shape index (κ1) is 23.3. The van der Waals surface area contributed by atoms with Crippen molar-refractivity contribution in [1.29, 1.82) is 0 Å². The number of nitrogens with zero attached hydrogens (tertiary/aromatic N) is 5. The minimum atomic E-state index is -0.515. The molecular weight excluding hydrogens is 485 g/mol. The molecule has 2 saturated heterocycles. The van der Waals surface area contributed by atoms with Crippen LogP contribution in [0.25, 0.3) is 16.9 Å². The Kier molecular flexibility index (Phi) is 5.86. The molecule has 5 heterocycles. The summed E-state index contributed by atoms with van der Waals surface area (Å²) in [4.78, 5) is 22.7. The van der Waals surface area contributed by atoms with Gasteiger partial charge in [0.05, 0.1) is 37.3 Å². The first-order valence-electron chi connectivity index (χ1n) is 12.0. The van der Waals surface area contributed by atoms with E-state index in [1.54, 1.807) is 32.2 Å². The van der Waals surface area contributed by atoms with Gasteiger partial charge in [0.15, 0.2) is 5.65 Å². The van der Waals surface area contributed by atoms with Crippen LogP contribution in [-0.2, 0) is 9.47 Å². The van der Waals surface area contributed by atoms with Crippen LogP contribution in [0.3, 0.4) is 0 Å². The fourth-order valence-electron chi connectivity index (χ4n) is 4.81. The van der Waals surface area contributed by atoms with Crippen molar-refractivity contribution in [3.8, 4) is 11.3 Å². The quantitative estimate of drug-likeness (QED) is 0.401. The van der Waals surface area contributed by atoms with Gasteiger partial charge in [-0.05, 0) is 44.9 Å². The third kappa shape index (κ3) is 4.01. The van der Waals surface area contributed by atoms with Crippen molar-refractivity contribution in [2.45, 2.75) is 44.8 Å². The molecule has 36 heavy (non-hydrogen) atoms. The molecule has 0 spiro atoms. The predicted molar refractivity (Wildman–Crippen MR) is 132 cm³/mol. The van der Waals surface area contributed by atoms with Gasteiger partial charge in [0.2, 0.25) is 0 Å². The molecule has 6 rings (SSSR count). The zero-order valence-corrected chi connectivity index (χ0v) is 20.7. The van der Waals surface area contributed by atoms with E-state index in [2.05, 4.69) is 10.1 Å². The fraction of sp³-hybridized carbons (Fsp3) is 0.385. The van der Waals surface area contributed by atoms with E-state index in [1.165, 1.54) is 10.5 Å². The van der Waals surface area contributed by atoms with Gasteiger partial charge in [-0.15, -0.1) is 0 Å². The van der Waals surface area contributed by atoms with Crippen molar-refractivity contribution in [2.24, 2.45) is 0 Å². The third-order valence-electron chi connectivity index (χ3n) is 7.17. The Morgan fingerprint density at radius 1 is 1.17 bits per heavy atom. The maximum atomic E-state index is 15.0. The molecule has 8 nitrogen and oxygen atoms in total. The van der Waals surface area contributed by atoms with Gasteiger partial charge in [-0.25, -0.2) is 14.4 Å². The number of aryl methyl sites for hydroxylation is 1. The lowest BCUT2D eigenvalue weighted by atomic mass is 9.90. The zero-order valence-electron chi connectivity index (χ0n) is 19.9. The Labute approximate surface area is 211 Å². The van der Waals surface area contributed by atoms with Crippen molar-refractivity contribution >= 4 is 17.2 Å². The van der Waals surface area contributed by atoms with E-state index in [1.807, 2.05) is 17.1 Å². The minimum Gasteiger partial charge on any atom is -0.377 e. The van der Waals surface area contributed by atoms with Crippen LogP contribution in [0, 0.1) is 19.7 Å². The Morgan fingerprint density at radius 3 is 2.75 bits per heavy atom. The van der Waals surface area contributed by atoms with Crippen molar-refractivity contribution in [2.75, 3.05) is 19.8 Å². The summed E-state index contributed by atoms with van der Waals surface area (Å²) >= 11 is 6.00. The lowest BCUT2D eigenvalue weighted by molar-refractivity contribution is -0.0290. The van der Waals surface area contributed by atoms with E-state index in [-0.39, 0.29) is 34.2 Å². The molecule has 186 valence electrons. The molecule has 0 N–H and O–H groups in total. The van der Waals surface area contributed by atoms with Crippen LogP contribution in [0.2, 0.25) is 5.02 Å². The standard InChI is InChI=1S/C26H25ClFN5O3/c1-14-15(2)30-25-24(20-4-3-18(27)8-21(20)28)31-22(11-32(25)26(14)34)16-5-6-36-23(7-16)17-9-29-33(10-17)19-12-35-13-19/h3-4,8-11,16,19,23H,5-7,12-13H2,1-2H3/t16-,23+/m0/s1. The second-order valence-corrected chi connectivity index (χ2v) is 9.92. The predicted octanol–water partition coefficient (Wildman–Crippen LogP) is 4.57. The minimum absolute atomic E-state index is 0.00570. The summed E-state index contributed by atoms with van der Waals surface area (Å²) in [6.45, 7) is 5.39. The average molecular weight is 510 g/mol. The van der Waals surface area contributed by atoms with Crippen molar-refractivity contribution in [1.82, 2.24) is 24.1 Å². The molecule has 0 saturated carbocycles. The van der Waals surface area contributed by atoms with E-state index in [0.29, 0.717) is 54.5 Å². The van der Waals surface area contributed by atoms with Gasteiger partial charge in [0, 0.05) is 52.3 Å². The van der Waals surface area contributed by atoms with E-state index in [0.717, 1.165) is 12.0 Å². The molecule has 4 aromatic rings. The number of fused-ring (bicyclic) bond motifs is 1. The topological polar surface area (TPSA) is 83.5 Å². The summed E-state index contributed by atoms with van der Waals surface area (Å²) in [5, 5.41) is 4.77. The van der Waals surface area contributed by atoms with Crippen molar-refractivity contribution in [3.63, 3.8) is 0 Å². The second kappa shape index (κ2) is 9.06. The molecule has 0 bridgehead atoms. The maximum absolute atomic E-state index is 15.0. The summed E-state index contributed by atoms with van der Waals surface area (Å²) in [5.41, 5.74) is 3.54. The largest absolute Gasteiger partial charge is 0.377 e. The first-order chi connectivity index (χ1) is 17.4. The summed E-state index contributed by atoms with van der Waals surface area (Å²) in [6.07, 6.45) is 6.85. The summed E-state index contributed by atoms with van der Waals surface area (Å²) in [7, 11) is 0. The van der Waals surface area contributed by atoms with E-state index in [4.69, 9.17) is 26.1 Å². The highest BCUT2D eigenvalue weighted by Gasteiger charge is 2.30. The molecule has 0 radical (unpaired) electrons. The Hall–Kier alpha value is -3.14. The highest BCUT2D eigenvalue weighted by molar-refractivity contribution is 6.30. The van der Waals surface area contributed by atoms with Gasteiger partial charge in [-0.3, -0.25) is 13.9 Å². The average Bonchev–Trinajstić information content (AvgIpc) is 3.31.